The smallest absolute Gasteiger partial charge is 0.342 e. The van der Waals surface area contributed by atoms with Crippen molar-refractivity contribution < 1.29 is 17.9 Å². The third kappa shape index (κ3) is 3.11. The minimum Gasteiger partial charge on any atom is -0.462 e. The predicted molar refractivity (Wildman–Crippen MR) is 73.1 cm³/mol. The van der Waals surface area contributed by atoms with E-state index >= 15 is 0 Å². The highest BCUT2D eigenvalue weighted by molar-refractivity contribution is 7.89. The number of carbonyl (C=O) groups excluding carboxylic acids is 1. The van der Waals surface area contributed by atoms with Crippen molar-refractivity contribution in [2.24, 2.45) is 5.73 Å². The Bertz CT molecular complexity index is 574. The lowest BCUT2D eigenvalue weighted by molar-refractivity contribution is 0.0521. The maximum atomic E-state index is 12.4. The summed E-state index contributed by atoms with van der Waals surface area (Å²) in [5.41, 5.74) is 5.62. The van der Waals surface area contributed by atoms with E-state index in [0.29, 0.717) is 13.0 Å². The molecule has 1 aromatic rings. The second kappa shape index (κ2) is 6.53. The van der Waals surface area contributed by atoms with Crippen molar-refractivity contribution >= 4 is 28.4 Å². The van der Waals surface area contributed by atoms with Crippen LogP contribution in [0.3, 0.4) is 0 Å². The van der Waals surface area contributed by atoms with Gasteiger partial charge in [-0.1, -0.05) is 0 Å². The van der Waals surface area contributed by atoms with Crippen LogP contribution in [-0.4, -0.2) is 54.6 Å². The normalized spacial score (nSPS) is 19.6. The molecule has 3 N–H and O–H groups in total. The van der Waals surface area contributed by atoms with Gasteiger partial charge in [0.25, 0.3) is 10.0 Å². The number of hydrogen-bond acceptors (Lipinski definition) is 6. The number of hydrogen-bond donors (Lipinski definition) is 2. The number of aromatic amines is 1. The fourth-order valence-electron chi connectivity index (χ4n) is 1.93. The molecule has 2 heterocycles. The Morgan fingerprint density at radius 3 is 2.90 bits per heavy atom. The van der Waals surface area contributed by atoms with E-state index in [2.05, 4.69) is 10.2 Å². The first-order valence-corrected chi connectivity index (χ1v) is 7.37. The van der Waals surface area contributed by atoms with E-state index in [1.807, 2.05) is 0 Å². The molecule has 1 aliphatic rings. The van der Waals surface area contributed by atoms with E-state index < -0.39 is 16.0 Å². The molecule has 1 saturated heterocycles. The summed E-state index contributed by atoms with van der Waals surface area (Å²) in [6.07, 6.45) is 1.75. The quantitative estimate of drug-likeness (QED) is 0.736. The molecule has 0 saturated carbocycles. The van der Waals surface area contributed by atoms with Gasteiger partial charge in [0.15, 0.2) is 5.03 Å². The average Bonchev–Trinajstić information content (AvgIpc) is 2.97. The lowest BCUT2D eigenvalue weighted by Gasteiger charge is -2.15. The van der Waals surface area contributed by atoms with Crippen LogP contribution in [0, 0.1) is 0 Å². The first-order valence-electron chi connectivity index (χ1n) is 5.93. The number of H-pyrrole nitrogens is 1. The van der Waals surface area contributed by atoms with Gasteiger partial charge in [-0.2, -0.15) is 9.40 Å². The summed E-state index contributed by atoms with van der Waals surface area (Å²) in [7, 11) is -3.79. The summed E-state index contributed by atoms with van der Waals surface area (Å²) in [4.78, 5) is 11.7. The number of halogens is 1. The van der Waals surface area contributed by atoms with Crippen LogP contribution < -0.4 is 5.73 Å². The maximum absolute atomic E-state index is 12.4. The Balaban J connectivity index is 0.00000200. The number of nitrogens with one attached hydrogen (secondary N) is 1. The topological polar surface area (TPSA) is 118 Å². The highest BCUT2D eigenvalue weighted by Gasteiger charge is 2.35. The molecule has 114 valence electrons. The van der Waals surface area contributed by atoms with Crippen molar-refractivity contribution in [2.45, 2.75) is 24.4 Å². The molecular weight excluding hydrogens is 308 g/mol. The number of ether oxygens (including phenoxy) is 1. The first kappa shape index (κ1) is 16.9. The van der Waals surface area contributed by atoms with E-state index in [1.54, 1.807) is 6.92 Å². The highest BCUT2D eigenvalue weighted by atomic mass is 35.5. The van der Waals surface area contributed by atoms with Crippen LogP contribution in [0.1, 0.15) is 23.7 Å². The molecule has 8 nitrogen and oxygen atoms in total. The molecule has 0 aromatic carbocycles. The Morgan fingerprint density at radius 2 is 2.35 bits per heavy atom. The second-order valence-corrected chi connectivity index (χ2v) is 6.12. The summed E-state index contributed by atoms with van der Waals surface area (Å²) in [6.45, 7) is 2.39. The molecule has 1 unspecified atom stereocenters. The number of rotatable bonds is 4. The molecule has 10 heteroatoms. The fraction of sp³-hybridized carbons (Fsp3) is 0.600. The van der Waals surface area contributed by atoms with E-state index in [0.717, 1.165) is 6.20 Å². The van der Waals surface area contributed by atoms with Crippen molar-refractivity contribution in [3.8, 4) is 0 Å². The predicted octanol–water partition coefficient (Wildman–Crippen LogP) is -0.270. The van der Waals surface area contributed by atoms with Gasteiger partial charge >= 0.3 is 5.97 Å². The minimum absolute atomic E-state index is 0. The molecule has 20 heavy (non-hydrogen) atoms. The average molecular weight is 325 g/mol. The van der Waals surface area contributed by atoms with Gasteiger partial charge in [-0.05, 0) is 13.3 Å². The minimum atomic E-state index is -3.79. The summed E-state index contributed by atoms with van der Waals surface area (Å²) >= 11 is 0. The maximum Gasteiger partial charge on any atom is 0.342 e. The molecule has 0 spiro atoms. The molecule has 0 amide bonds. The van der Waals surface area contributed by atoms with Crippen molar-refractivity contribution in [1.29, 1.82) is 0 Å². The monoisotopic (exact) mass is 324 g/mol. The van der Waals surface area contributed by atoms with Gasteiger partial charge in [0, 0.05) is 19.1 Å². The van der Waals surface area contributed by atoms with Gasteiger partial charge in [-0.25, -0.2) is 13.2 Å². The first-order chi connectivity index (χ1) is 8.96. The number of nitrogens with two attached hydrogens (primary N) is 1. The van der Waals surface area contributed by atoms with Gasteiger partial charge in [-0.15, -0.1) is 12.4 Å². The van der Waals surface area contributed by atoms with Crippen LogP contribution in [-0.2, 0) is 14.8 Å². The van der Waals surface area contributed by atoms with Gasteiger partial charge in [0.05, 0.1) is 12.8 Å². The number of esters is 1. The largest absolute Gasteiger partial charge is 0.462 e. The van der Waals surface area contributed by atoms with Crippen LogP contribution in [0.4, 0.5) is 0 Å². The standard InChI is InChI=1S/C10H16N4O4S.ClH/c1-2-18-10(15)8-5-12-13-9(8)19(16,17)14-4-3-7(11)6-14;/h5,7H,2-4,6,11H2,1H3,(H,12,13);1H. The third-order valence-corrected chi connectivity index (χ3v) is 4.72. The number of nitrogens with zero attached hydrogens (tertiary/aromatic N) is 2. The molecule has 1 atom stereocenters. The van der Waals surface area contributed by atoms with Crippen molar-refractivity contribution in [1.82, 2.24) is 14.5 Å². The van der Waals surface area contributed by atoms with Crippen molar-refractivity contribution in [2.75, 3.05) is 19.7 Å². The molecular formula is C10H17ClN4O4S. The summed E-state index contributed by atoms with van der Waals surface area (Å²) in [6, 6.07) is -0.177. The molecule has 0 radical (unpaired) electrons. The van der Waals surface area contributed by atoms with Crippen LogP contribution in [0.15, 0.2) is 11.2 Å². The summed E-state index contributed by atoms with van der Waals surface area (Å²) < 4.78 is 30.8. The van der Waals surface area contributed by atoms with Crippen LogP contribution in [0.2, 0.25) is 0 Å². The Labute approximate surface area is 123 Å². The van der Waals surface area contributed by atoms with E-state index in [4.69, 9.17) is 10.5 Å². The SMILES string of the molecule is CCOC(=O)c1cn[nH]c1S(=O)(=O)N1CCC(N)C1.Cl. The van der Waals surface area contributed by atoms with E-state index in [-0.39, 0.29) is 42.2 Å². The van der Waals surface area contributed by atoms with Gasteiger partial charge in [0.2, 0.25) is 0 Å². The Morgan fingerprint density at radius 1 is 1.65 bits per heavy atom. The molecule has 1 aliphatic heterocycles. The van der Waals surface area contributed by atoms with Crippen LogP contribution in [0.25, 0.3) is 0 Å². The molecule has 1 fully saturated rings. The number of sulfonamides is 1. The molecule has 0 bridgehead atoms. The van der Waals surface area contributed by atoms with Gasteiger partial charge in [0.1, 0.15) is 5.56 Å². The zero-order chi connectivity index (χ0) is 14.0. The van der Waals surface area contributed by atoms with Crippen molar-refractivity contribution in [3.63, 3.8) is 0 Å². The number of carbonyl (C=O) groups is 1. The summed E-state index contributed by atoms with van der Waals surface area (Å²) in [5.74, 6) is -0.710. The highest BCUT2D eigenvalue weighted by Crippen LogP contribution is 2.22. The molecule has 0 aliphatic carbocycles. The van der Waals surface area contributed by atoms with Crippen molar-refractivity contribution in [3.05, 3.63) is 11.8 Å². The van der Waals surface area contributed by atoms with Gasteiger partial charge in [-0.3, -0.25) is 5.10 Å². The molecule has 1 aromatic heterocycles. The van der Waals surface area contributed by atoms with Gasteiger partial charge < -0.3 is 10.5 Å². The third-order valence-electron chi connectivity index (χ3n) is 2.89. The zero-order valence-electron chi connectivity index (χ0n) is 10.9. The number of aromatic nitrogens is 2. The lowest BCUT2D eigenvalue weighted by atomic mass is 10.3. The second-order valence-electron chi connectivity index (χ2n) is 4.25. The lowest BCUT2D eigenvalue weighted by Crippen LogP contribution is -2.33. The Kier molecular flexibility index (Phi) is 5.51. The fourth-order valence-corrected chi connectivity index (χ4v) is 3.50. The Hall–Kier alpha value is -1.16. The zero-order valence-corrected chi connectivity index (χ0v) is 12.5. The van der Waals surface area contributed by atoms with Crippen LogP contribution in [0.5, 0.6) is 0 Å². The van der Waals surface area contributed by atoms with E-state index in [9.17, 15) is 13.2 Å². The molecule has 2 rings (SSSR count). The van der Waals surface area contributed by atoms with E-state index in [1.165, 1.54) is 4.31 Å². The van der Waals surface area contributed by atoms with Crippen LogP contribution >= 0.6 is 12.4 Å². The summed E-state index contributed by atoms with van der Waals surface area (Å²) in [5, 5.41) is 5.74.